The van der Waals surface area contributed by atoms with E-state index in [1.165, 1.54) is 56.9 Å². The van der Waals surface area contributed by atoms with E-state index >= 15 is 0 Å². The molecule has 0 unspecified atom stereocenters. The molecule has 1 N–H and O–H groups in total. The van der Waals surface area contributed by atoms with Gasteiger partial charge in [-0.25, -0.2) is 0 Å². The molecule has 0 radical (unpaired) electrons. The first kappa shape index (κ1) is 45.4. The topological polar surface area (TPSA) is 116 Å². The largest absolute Gasteiger partial charge is 1.00 e. The predicted molar refractivity (Wildman–Crippen MR) is 142 cm³/mol. The molecule has 2 rings (SSSR count). The summed E-state index contributed by atoms with van der Waals surface area (Å²) in [4.78, 5) is 25.6. The molecule has 1 aromatic carbocycles. The van der Waals surface area contributed by atoms with Crippen LogP contribution in [0.3, 0.4) is 0 Å². The molecule has 0 saturated carbocycles. The number of phenols is 1. The van der Waals surface area contributed by atoms with E-state index in [2.05, 4.69) is 41.5 Å². The van der Waals surface area contributed by atoms with Gasteiger partial charge in [0.25, 0.3) is 0 Å². The van der Waals surface area contributed by atoms with E-state index in [9.17, 15) is 5.11 Å². The smallest absolute Gasteiger partial charge is 0.822 e. The summed E-state index contributed by atoms with van der Waals surface area (Å²) in [6.07, 6.45) is 14.1. The Labute approximate surface area is 305 Å². The Morgan fingerprint density at radius 3 is 1.72 bits per heavy atom. The molecule has 1 aliphatic rings. The van der Waals surface area contributed by atoms with Gasteiger partial charge < -0.3 is 29.1 Å². The van der Waals surface area contributed by atoms with Gasteiger partial charge in [-0.2, -0.15) is 7.82 Å². The van der Waals surface area contributed by atoms with Gasteiger partial charge in [-0.05, 0) is 87.8 Å². The van der Waals surface area contributed by atoms with Crippen LogP contribution >= 0.6 is 7.82 Å². The van der Waals surface area contributed by atoms with Crippen LogP contribution in [-0.2, 0) is 11.0 Å². The molecule has 0 spiro atoms. The van der Waals surface area contributed by atoms with Gasteiger partial charge in [-0.15, -0.1) is 0 Å². The first-order valence-corrected chi connectivity index (χ1v) is 15.2. The molecule has 0 aliphatic carbocycles. The Morgan fingerprint density at radius 1 is 0.821 bits per heavy atom. The summed E-state index contributed by atoms with van der Waals surface area (Å²) in [5.41, 5.74) is 4.23. The second-order valence-corrected chi connectivity index (χ2v) is 12.8. The van der Waals surface area contributed by atoms with Crippen LogP contribution in [0.4, 0.5) is 0 Å². The third-order valence-corrected chi connectivity index (χ3v) is 7.87. The van der Waals surface area contributed by atoms with Crippen LogP contribution in [-0.4, -0.2) is 10.7 Å². The average molecular weight is 595 g/mol. The van der Waals surface area contributed by atoms with Crippen LogP contribution in [0.2, 0.25) is 0 Å². The van der Waals surface area contributed by atoms with Gasteiger partial charge in [0.2, 0.25) is 0 Å². The van der Waals surface area contributed by atoms with Gasteiger partial charge >= 0.3 is 88.7 Å². The van der Waals surface area contributed by atoms with Crippen LogP contribution in [0.1, 0.15) is 121 Å². The van der Waals surface area contributed by atoms with Crippen LogP contribution in [0, 0.1) is 38.5 Å². The van der Waals surface area contributed by atoms with Crippen molar-refractivity contribution in [1.82, 2.24) is 0 Å². The average Bonchev–Trinajstić information content (AvgIpc) is 2.74. The van der Waals surface area contributed by atoms with Crippen molar-refractivity contribution in [3.8, 4) is 11.5 Å². The molecule has 210 valence electrons. The standard InChI is InChI=1S/C29H50O2.3Na.H3O4P/c1-20(2)12-9-13-21(3)14-10-15-22(4)16-11-18-29(8)19-17-26-25(7)27(30)23(5)24(6)28(26)31-29;;;;1-5(2,3)4/h20-22,30H,9-19H2,1-8H3;;;;(H3,1,2,3,4)/q;3*+1;/p-3/t21-,22-,29-;;;;/m1..../s1. The van der Waals surface area contributed by atoms with Crippen molar-refractivity contribution in [2.75, 3.05) is 0 Å². The number of rotatable bonds is 12. The fraction of sp³-hybridized carbons (Fsp3) is 0.793. The third kappa shape index (κ3) is 18.4. The number of fused-ring (bicyclic) bond motifs is 1. The van der Waals surface area contributed by atoms with Crippen molar-refractivity contribution in [3.05, 3.63) is 22.3 Å². The van der Waals surface area contributed by atoms with E-state index < -0.39 is 7.82 Å². The quantitative estimate of drug-likeness (QED) is 0.204. The van der Waals surface area contributed by atoms with Gasteiger partial charge in [-0.1, -0.05) is 72.6 Å². The monoisotopic (exact) mass is 594 g/mol. The van der Waals surface area contributed by atoms with E-state index in [1.54, 1.807) is 0 Å². The summed E-state index contributed by atoms with van der Waals surface area (Å²) >= 11 is 0. The summed E-state index contributed by atoms with van der Waals surface area (Å²) in [5, 5.41) is 10.4. The Balaban J connectivity index is -0.00000148. The number of aromatic hydroxyl groups is 1. The Bertz CT molecular complexity index is 869. The van der Waals surface area contributed by atoms with Gasteiger partial charge in [0.1, 0.15) is 17.1 Å². The van der Waals surface area contributed by atoms with Gasteiger partial charge in [0, 0.05) is 5.56 Å². The van der Waals surface area contributed by atoms with E-state index in [-0.39, 0.29) is 94.3 Å². The molecular formula is C29H50Na3O6P. The summed E-state index contributed by atoms with van der Waals surface area (Å²) in [6.45, 7) is 17.9. The molecule has 0 bridgehead atoms. The molecule has 0 fully saturated rings. The molecule has 1 aliphatic heterocycles. The second-order valence-electron chi connectivity index (χ2n) is 11.9. The fourth-order valence-electron chi connectivity index (χ4n) is 5.27. The van der Waals surface area contributed by atoms with Crippen molar-refractivity contribution in [3.63, 3.8) is 0 Å². The number of phenolic OH excluding ortho intramolecular Hbond substituents is 1. The van der Waals surface area contributed by atoms with Gasteiger partial charge in [0.05, 0.1) is 0 Å². The Hall–Kier alpha value is 1.93. The van der Waals surface area contributed by atoms with Gasteiger partial charge in [-0.3, -0.25) is 0 Å². The summed E-state index contributed by atoms with van der Waals surface area (Å²) in [7, 11) is -5.39. The predicted octanol–water partition coefficient (Wildman–Crippen LogP) is -2.97. The summed E-state index contributed by atoms with van der Waals surface area (Å²) in [6, 6.07) is 0. The summed E-state index contributed by atoms with van der Waals surface area (Å²) in [5.74, 6) is 4.04. The second kappa shape index (κ2) is 21.6. The van der Waals surface area contributed by atoms with Crippen molar-refractivity contribution < 1.29 is 118 Å². The van der Waals surface area contributed by atoms with Crippen molar-refractivity contribution in [2.45, 2.75) is 132 Å². The molecule has 3 atom stereocenters. The molecule has 39 heavy (non-hydrogen) atoms. The first-order chi connectivity index (χ1) is 16.5. The SMILES string of the molecule is Cc1c(C)c2c(c(C)c1O)CC[C@@](C)(CCC[C@H](C)CCC[C@H](C)CCCC(C)C)O2.O=P([O-])([O-])[O-].[Na+].[Na+].[Na+]. The molecule has 0 saturated heterocycles. The number of phosphoric acid groups is 1. The maximum atomic E-state index is 10.4. The van der Waals surface area contributed by atoms with Crippen LogP contribution < -0.4 is 108 Å². The summed E-state index contributed by atoms with van der Waals surface area (Å²) < 4.78 is 15.2. The van der Waals surface area contributed by atoms with E-state index in [4.69, 9.17) is 24.0 Å². The number of hydrogen-bond acceptors (Lipinski definition) is 6. The molecule has 1 heterocycles. The zero-order valence-electron chi connectivity index (χ0n) is 26.9. The van der Waals surface area contributed by atoms with Gasteiger partial charge in [0.15, 0.2) is 0 Å². The minimum Gasteiger partial charge on any atom is -0.822 e. The maximum absolute atomic E-state index is 10.4. The zero-order valence-corrected chi connectivity index (χ0v) is 33.8. The zero-order chi connectivity index (χ0) is 27.7. The number of ether oxygens (including phenoxy) is 1. The molecule has 0 amide bonds. The van der Waals surface area contributed by atoms with Crippen molar-refractivity contribution in [2.24, 2.45) is 17.8 Å². The Morgan fingerprint density at radius 2 is 1.26 bits per heavy atom. The number of benzene rings is 1. The normalized spacial score (nSPS) is 17.7. The molecule has 6 nitrogen and oxygen atoms in total. The maximum Gasteiger partial charge on any atom is 1.00 e. The fourth-order valence-corrected chi connectivity index (χ4v) is 5.27. The van der Waals surface area contributed by atoms with Crippen LogP contribution in [0.25, 0.3) is 0 Å². The molecular weight excluding hydrogens is 544 g/mol. The molecule has 1 aromatic rings. The Kier molecular flexibility index (Phi) is 25.1. The third-order valence-electron chi connectivity index (χ3n) is 7.87. The van der Waals surface area contributed by atoms with Crippen LogP contribution in [0.15, 0.2) is 0 Å². The minimum atomic E-state index is -5.39. The van der Waals surface area contributed by atoms with Crippen molar-refractivity contribution >= 4 is 7.82 Å². The number of hydrogen-bond donors (Lipinski definition) is 1. The molecule has 10 heteroatoms. The van der Waals surface area contributed by atoms with E-state index in [0.29, 0.717) is 5.75 Å². The minimum absolute atomic E-state index is 0. The molecule has 0 aromatic heterocycles. The van der Waals surface area contributed by atoms with Crippen molar-refractivity contribution in [1.29, 1.82) is 0 Å². The first-order valence-electron chi connectivity index (χ1n) is 13.8. The van der Waals surface area contributed by atoms with Crippen LogP contribution in [0.5, 0.6) is 11.5 Å². The van der Waals surface area contributed by atoms with E-state index in [1.807, 2.05) is 13.8 Å². The van der Waals surface area contributed by atoms with E-state index in [0.717, 1.165) is 59.5 Å².